The molecule has 0 N–H and O–H groups in total. The minimum absolute atomic E-state index is 0.600. The van der Waals surface area contributed by atoms with Gasteiger partial charge in [-0.25, -0.2) is 0 Å². The van der Waals surface area contributed by atoms with Gasteiger partial charge in [-0.3, -0.25) is 4.90 Å². The van der Waals surface area contributed by atoms with Gasteiger partial charge in [-0.2, -0.15) is 0 Å². The molecule has 1 aliphatic carbocycles. The summed E-state index contributed by atoms with van der Waals surface area (Å²) in [5, 5.41) is 10.5. The molecule has 0 atom stereocenters. The summed E-state index contributed by atoms with van der Waals surface area (Å²) >= 11 is 1.80. The highest BCUT2D eigenvalue weighted by Gasteiger charge is 2.30. The van der Waals surface area contributed by atoms with Gasteiger partial charge < -0.3 is 4.42 Å². The van der Waals surface area contributed by atoms with Crippen LogP contribution in [0, 0.1) is 0 Å². The van der Waals surface area contributed by atoms with Crippen molar-refractivity contribution in [2.24, 2.45) is 0 Å². The second-order valence-corrected chi connectivity index (χ2v) is 6.61. The molecule has 0 amide bonds. The molecule has 1 aromatic carbocycles. The lowest BCUT2D eigenvalue weighted by molar-refractivity contribution is 0.223. The first-order valence-corrected chi connectivity index (χ1v) is 8.41. The van der Waals surface area contributed by atoms with Crippen molar-refractivity contribution in [3.8, 4) is 11.5 Å². The van der Waals surface area contributed by atoms with Crippen molar-refractivity contribution >= 4 is 11.3 Å². The number of thiophene rings is 1. The highest BCUT2D eigenvalue weighted by atomic mass is 32.1. The first kappa shape index (κ1) is 13.7. The maximum atomic E-state index is 5.84. The van der Waals surface area contributed by atoms with Gasteiger partial charge in [0.2, 0.25) is 11.8 Å². The van der Waals surface area contributed by atoms with Crippen LogP contribution < -0.4 is 0 Å². The van der Waals surface area contributed by atoms with Crippen LogP contribution in [0.4, 0.5) is 0 Å². The van der Waals surface area contributed by atoms with Gasteiger partial charge in [0.15, 0.2) is 0 Å². The lowest BCUT2D eigenvalue weighted by atomic mass is 10.2. The van der Waals surface area contributed by atoms with E-state index in [1.165, 1.54) is 17.7 Å². The molecule has 112 valence electrons. The van der Waals surface area contributed by atoms with Crippen LogP contribution in [0.2, 0.25) is 0 Å². The van der Waals surface area contributed by atoms with Gasteiger partial charge >= 0.3 is 0 Å². The molecule has 1 saturated carbocycles. The Hall–Kier alpha value is -1.98. The van der Waals surface area contributed by atoms with Crippen LogP contribution in [-0.4, -0.2) is 21.1 Å². The van der Waals surface area contributed by atoms with E-state index in [1.807, 2.05) is 30.3 Å². The van der Waals surface area contributed by atoms with Gasteiger partial charge in [-0.1, -0.05) is 24.3 Å². The van der Waals surface area contributed by atoms with Crippen LogP contribution in [0.3, 0.4) is 0 Å². The zero-order chi connectivity index (χ0) is 14.8. The maximum Gasteiger partial charge on any atom is 0.247 e. The summed E-state index contributed by atoms with van der Waals surface area (Å²) in [5.74, 6) is 1.30. The first-order chi connectivity index (χ1) is 10.9. The number of hydrogen-bond donors (Lipinski definition) is 0. The molecule has 0 bridgehead atoms. The van der Waals surface area contributed by atoms with E-state index in [4.69, 9.17) is 4.42 Å². The molecule has 3 aromatic rings. The molecule has 4 nitrogen and oxygen atoms in total. The van der Waals surface area contributed by atoms with Crippen LogP contribution in [0.5, 0.6) is 0 Å². The second kappa shape index (κ2) is 6.02. The summed E-state index contributed by atoms with van der Waals surface area (Å²) in [6.07, 6.45) is 2.54. The van der Waals surface area contributed by atoms with Gasteiger partial charge in [0, 0.05) is 23.0 Å². The molecule has 2 heterocycles. The minimum atomic E-state index is 0.600. The highest BCUT2D eigenvalue weighted by Crippen LogP contribution is 2.30. The largest absolute Gasteiger partial charge is 0.419 e. The second-order valence-electron chi connectivity index (χ2n) is 5.58. The SMILES string of the molecule is c1ccc(-c2nnc(CN(Cc3cccs3)C3CC3)o2)cc1. The molecule has 0 aliphatic heterocycles. The zero-order valence-electron chi connectivity index (χ0n) is 12.2. The van der Waals surface area contributed by atoms with Crippen LogP contribution in [-0.2, 0) is 13.1 Å². The molecule has 5 heteroatoms. The summed E-state index contributed by atoms with van der Waals surface area (Å²) in [4.78, 5) is 3.82. The summed E-state index contributed by atoms with van der Waals surface area (Å²) in [7, 11) is 0. The third kappa shape index (κ3) is 3.10. The third-order valence-electron chi connectivity index (χ3n) is 3.83. The smallest absolute Gasteiger partial charge is 0.247 e. The van der Waals surface area contributed by atoms with Crippen molar-refractivity contribution in [2.75, 3.05) is 0 Å². The summed E-state index contributed by atoms with van der Waals surface area (Å²) in [6.45, 7) is 1.69. The van der Waals surface area contributed by atoms with E-state index in [-0.39, 0.29) is 0 Å². The summed E-state index contributed by atoms with van der Waals surface area (Å²) < 4.78 is 5.84. The van der Waals surface area contributed by atoms with Crippen molar-refractivity contribution in [3.63, 3.8) is 0 Å². The van der Waals surface area contributed by atoms with E-state index in [0.29, 0.717) is 17.8 Å². The van der Waals surface area contributed by atoms with Crippen molar-refractivity contribution in [1.82, 2.24) is 15.1 Å². The number of nitrogens with zero attached hydrogens (tertiary/aromatic N) is 3. The molecule has 0 unspecified atom stereocenters. The molecular weight excluding hydrogens is 294 g/mol. The van der Waals surface area contributed by atoms with E-state index in [2.05, 4.69) is 32.6 Å². The lowest BCUT2D eigenvalue weighted by Crippen LogP contribution is -2.24. The van der Waals surface area contributed by atoms with E-state index in [1.54, 1.807) is 11.3 Å². The Morgan fingerprint density at radius 2 is 1.91 bits per heavy atom. The van der Waals surface area contributed by atoms with Crippen LogP contribution in [0.15, 0.2) is 52.3 Å². The Balaban J connectivity index is 1.48. The molecule has 0 spiro atoms. The normalized spacial score (nSPS) is 14.6. The van der Waals surface area contributed by atoms with Gasteiger partial charge in [0.25, 0.3) is 0 Å². The fourth-order valence-corrected chi connectivity index (χ4v) is 3.27. The Kier molecular flexibility index (Phi) is 3.74. The Morgan fingerprint density at radius 3 is 2.64 bits per heavy atom. The third-order valence-corrected chi connectivity index (χ3v) is 4.69. The van der Waals surface area contributed by atoms with Crippen LogP contribution >= 0.6 is 11.3 Å². The predicted molar refractivity (Wildman–Crippen MR) is 86.3 cm³/mol. The van der Waals surface area contributed by atoms with Gasteiger partial charge in [0.05, 0.1) is 6.54 Å². The van der Waals surface area contributed by atoms with Crippen molar-refractivity contribution in [2.45, 2.75) is 32.0 Å². The molecule has 22 heavy (non-hydrogen) atoms. The van der Waals surface area contributed by atoms with E-state index in [9.17, 15) is 0 Å². The molecule has 4 rings (SSSR count). The van der Waals surface area contributed by atoms with Crippen LogP contribution in [0.25, 0.3) is 11.5 Å². The predicted octanol–water partition coefficient (Wildman–Crippen LogP) is 3.96. The number of hydrogen-bond acceptors (Lipinski definition) is 5. The standard InChI is InChI=1S/C17H17N3OS/c1-2-5-13(6-3-1)17-19-18-16(21-17)12-20(14-8-9-14)11-15-7-4-10-22-15/h1-7,10,14H,8-9,11-12H2. The zero-order valence-corrected chi connectivity index (χ0v) is 13.0. The topological polar surface area (TPSA) is 42.2 Å². The Bertz CT molecular complexity index is 719. The molecule has 0 saturated heterocycles. The highest BCUT2D eigenvalue weighted by molar-refractivity contribution is 7.09. The average Bonchev–Trinajstić information content (AvgIpc) is 3.08. The lowest BCUT2D eigenvalue weighted by Gasteiger charge is -2.18. The average molecular weight is 311 g/mol. The summed E-state index contributed by atoms with van der Waals surface area (Å²) in [6, 6.07) is 14.9. The van der Waals surface area contributed by atoms with Gasteiger partial charge in [0.1, 0.15) is 0 Å². The first-order valence-electron chi connectivity index (χ1n) is 7.53. The van der Waals surface area contributed by atoms with E-state index in [0.717, 1.165) is 18.7 Å². The Labute approximate surface area is 133 Å². The summed E-state index contributed by atoms with van der Waals surface area (Å²) in [5.41, 5.74) is 0.970. The molecular formula is C17H17N3OS. The fraction of sp³-hybridized carbons (Fsp3) is 0.294. The van der Waals surface area contributed by atoms with Gasteiger partial charge in [-0.05, 0) is 36.4 Å². The van der Waals surface area contributed by atoms with E-state index < -0.39 is 0 Å². The maximum absolute atomic E-state index is 5.84. The van der Waals surface area contributed by atoms with Crippen molar-refractivity contribution in [3.05, 3.63) is 58.6 Å². The number of benzene rings is 1. The molecule has 2 aromatic heterocycles. The van der Waals surface area contributed by atoms with Gasteiger partial charge in [-0.15, -0.1) is 21.5 Å². The number of rotatable bonds is 6. The quantitative estimate of drug-likeness (QED) is 0.691. The minimum Gasteiger partial charge on any atom is -0.419 e. The monoisotopic (exact) mass is 311 g/mol. The molecule has 1 fully saturated rings. The van der Waals surface area contributed by atoms with E-state index >= 15 is 0 Å². The molecule has 0 radical (unpaired) electrons. The fourth-order valence-electron chi connectivity index (χ4n) is 2.55. The van der Waals surface area contributed by atoms with Crippen LogP contribution in [0.1, 0.15) is 23.6 Å². The van der Waals surface area contributed by atoms with Crippen molar-refractivity contribution < 1.29 is 4.42 Å². The van der Waals surface area contributed by atoms with Crippen molar-refractivity contribution in [1.29, 1.82) is 0 Å². The number of aromatic nitrogens is 2. The molecule has 1 aliphatic rings. The Morgan fingerprint density at radius 1 is 1.05 bits per heavy atom.